The summed E-state index contributed by atoms with van der Waals surface area (Å²) >= 11 is 6.05. The Morgan fingerprint density at radius 1 is 1.40 bits per heavy atom. The van der Waals surface area contributed by atoms with Crippen LogP contribution >= 0.6 is 11.6 Å². The third-order valence-electron chi connectivity index (χ3n) is 2.75. The van der Waals surface area contributed by atoms with E-state index >= 15 is 0 Å². The summed E-state index contributed by atoms with van der Waals surface area (Å²) in [6.45, 7) is 2.10. The number of rotatable bonds is 4. The first-order chi connectivity index (χ1) is 9.63. The number of anilines is 1. The highest BCUT2D eigenvalue weighted by Crippen LogP contribution is 2.22. The number of ether oxygens (including phenoxy) is 1. The predicted octanol–water partition coefficient (Wildman–Crippen LogP) is 2.78. The standard InChI is InChI=1S/C14H13ClN4O/c1-9-2-3-10(7-16)6-13(9)20-8-12-11(15)4-5-14(18-12)19-17/h2-6H,8,17H2,1H3,(H,18,19). The minimum absolute atomic E-state index is 0.198. The van der Waals surface area contributed by atoms with E-state index in [1.165, 1.54) is 0 Å². The van der Waals surface area contributed by atoms with E-state index < -0.39 is 0 Å². The van der Waals surface area contributed by atoms with Crippen LogP contribution in [0.25, 0.3) is 0 Å². The Bertz CT molecular complexity index is 667. The average Bonchev–Trinajstić information content (AvgIpc) is 2.48. The molecule has 3 N–H and O–H groups in total. The molecule has 1 aromatic carbocycles. The maximum atomic E-state index is 8.89. The topological polar surface area (TPSA) is 84.0 Å². The third-order valence-corrected chi connectivity index (χ3v) is 3.09. The van der Waals surface area contributed by atoms with Crippen LogP contribution in [0.15, 0.2) is 30.3 Å². The number of pyridine rings is 1. The van der Waals surface area contributed by atoms with Crippen molar-refractivity contribution < 1.29 is 4.74 Å². The molecule has 0 unspecified atom stereocenters. The van der Waals surface area contributed by atoms with Crippen LogP contribution in [-0.2, 0) is 6.61 Å². The number of halogens is 1. The second-order valence-corrected chi connectivity index (χ2v) is 4.56. The maximum absolute atomic E-state index is 8.89. The molecule has 5 nitrogen and oxygen atoms in total. The van der Waals surface area contributed by atoms with Gasteiger partial charge < -0.3 is 10.2 Å². The SMILES string of the molecule is Cc1ccc(C#N)cc1OCc1nc(NN)ccc1Cl. The number of hydrazine groups is 1. The molecule has 0 saturated carbocycles. The van der Waals surface area contributed by atoms with E-state index in [1.807, 2.05) is 13.0 Å². The fraction of sp³-hybridized carbons (Fsp3) is 0.143. The number of aromatic nitrogens is 1. The van der Waals surface area contributed by atoms with Crippen molar-refractivity contribution in [3.05, 3.63) is 52.2 Å². The summed E-state index contributed by atoms with van der Waals surface area (Å²) in [5.41, 5.74) is 4.51. The molecule has 0 amide bonds. The minimum Gasteiger partial charge on any atom is -0.487 e. The zero-order valence-electron chi connectivity index (χ0n) is 10.9. The first-order valence-corrected chi connectivity index (χ1v) is 6.27. The predicted molar refractivity (Wildman–Crippen MR) is 77.3 cm³/mol. The lowest BCUT2D eigenvalue weighted by Crippen LogP contribution is -2.10. The van der Waals surface area contributed by atoms with Gasteiger partial charge in [0, 0.05) is 0 Å². The summed E-state index contributed by atoms with van der Waals surface area (Å²) in [5, 5.41) is 9.39. The van der Waals surface area contributed by atoms with Crippen molar-refractivity contribution in [3.63, 3.8) is 0 Å². The first kappa shape index (κ1) is 14.1. The van der Waals surface area contributed by atoms with Gasteiger partial charge in [-0.2, -0.15) is 5.26 Å². The van der Waals surface area contributed by atoms with Crippen LogP contribution in [0.2, 0.25) is 5.02 Å². The van der Waals surface area contributed by atoms with Gasteiger partial charge >= 0.3 is 0 Å². The van der Waals surface area contributed by atoms with E-state index in [-0.39, 0.29) is 6.61 Å². The number of hydrogen-bond acceptors (Lipinski definition) is 5. The number of hydrogen-bond donors (Lipinski definition) is 2. The Kier molecular flexibility index (Phi) is 4.41. The van der Waals surface area contributed by atoms with Gasteiger partial charge in [0.1, 0.15) is 18.2 Å². The Hall–Kier alpha value is -2.29. The Morgan fingerprint density at radius 2 is 2.20 bits per heavy atom. The molecule has 1 aromatic heterocycles. The summed E-state index contributed by atoms with van der Waals surface area (Å²) in [7, 11) is 0. The summed E-state index contributed by atoms with van der Waals surface area (Å²) in [6.07, 6.45) is 0. The maximum Gasteiger partial charge on any atom is 0.140 e. The van der Waals surface area contributed by atoms with Gasteiger partial charge in [-0.3, -0.25) is 0 Å². The molecule has 0 aliphatic heterocycles. The van der Waals surface area contributed by atoms with Gasteiger partial charge in [-0.05, 0) is 36.8 Å². The molecule has 2 rings (SSSR count). The van der Waals surface area contributed by atoms with E-state index in [0.717, 1.165) is 5.56 Å². The van der Waals surface area contributed by atoms with Gasteiger partial charge in [0.05, 0.1) is 22.3 Å². The lowest BCUT2D eigenvalue weighted by molar-refractivity contribution is 0.299. The van der Waals surface area contributed by atoms with Crippen molar-refractivity contribution in [1.82, 2.24) is 4.98 Å². The van der Waals surface area contributed by atoms with Crippen molar-refractivity contribution >= 4 is 17.4 Å². The summed E-state index contributed by atoms with van der Waals surface area (Å²) in [6, 6.07) is 10.7. The van der Waals surface area contributed by atoms with Crippen molar-refractivity contribution in [3.8, 4) is 11.8 Å². The van der Waals surface area contributed by atoms with E-state index in [2.05, 4.69) is 16.5 Å². The summed E-state index contributed by atoms with van der Waals surface area (Å²) < 4.78 is 5.68. The molecule has 2 aromatic rings. The monoisotopic (exact) mass is 288 g/mol. The number of aryl methyl sites for hydroxylation is 1. The second kappa shape index (κ2) is 6.24. The molecule has 0 spiro atoms. The minimum atomic E-state index is 0.198. The van der Waals surface area contributed by atoms with Gasteiger partial charge in [0.25, 0.3) is 0 Å². The molecule has 0 saturated heterocycles. The normalized spacial score (nSPS) is 9.90. The number of nitrogens with zero attached hydrogens (tertiary/aromatic N) is 2. The van der Waals surface area contributed by atoms with E-state index in [1.54, 1.807) is 24.3 Å². The lowest BCUT2D eigenvalue weighted by atomic mass is 10.1. The highest BCUT2D eigenvalue weighted by Gasteiger charge is 2.07. The Morgan fingerprint density at radius 3 is 2.90 bits per heavy atom. The fourth-order valence-corrected chi connectivity index (χ4v) is 1.80. The average molecular weight is 289 g/mol. The molecule has 0 fully saturated rings. The van der Waals surface area contributed by atoms with Crippen molar-refractivity contribution in [1.29, 1.82) is 5.26 Å². The Labute approximate surface area is 121 Å². The van der Waals surface area contributed by atoms with Crippen LogP contribution in [0.1, 0.15) is 16.8 Å². The highest BCUT2D eigenvalue weighted by atomic mass is 35.5. The molecular formula is C14H13ClN4O. The number of nitrogens with one attached hydrogen (secondary N) is 1. The third kappa shape index (κ3) is 3.18. The molecule has 1 heterocycles. The number of nitrogen functional groups attached to an aromatic ring is 1. The Balaban J connectivity index is 2.18. The number of benzene rings is 1. The molecule has 102 valence electrons. The van der Waals surface area contributed by atoms with Crippen molar-refractivity contribution in [2.75, 3.05) is 5.43 Å². The summed E-state index contributed by atoms with van der Waals surface area (Å²) in [5.74, 6) is 6.45. The number of nitrogens with two attached hydrogens (primary N) is 1. The molecule has 0 bridgehead atoms. The molecule has 0 aliphatic carbocycles. The molecule has 6 heteroatoms. The molecule has 0 atom stereocenters. The zero-order chi connectivity index (χ0) is 14.5. The van der Waals surface area contributed by atoms with Crippen LogP contribution in [0.3, 0.4) is 0 Å². The van der Waals surface area contributed by atoms with Crippen molar-refractivity contribution in [2.45, 2.75) is 13.5 Å². The fourth-order valence-electron chi connectivity index (χ4n) is 1.64. The second-order valence-electron chi connectivity index (χ2n) is 4.15. The van der Waals surface area contributed by atoms with Gasteiger partial charge in [-0.25, -0.2) is 10.8 Å². The van der Waals surface area contributed by atoms with Crippen LogP contribution in [-0.4, -0.2) is 4.98 Å². The van der Waals surface area contributed by atoms with Crippen LogP contribution in [0.4, 0.5) is 5.82 Å². The van der Waals surface area contributed by atoms with Gasteiger partial charge in [0.15, 0.2) is 0 Å². The zero-order valence-corrected chi connectivity index (χ0v) is 11.6. The van der Waals surface area contributed by atoms with E-state index in [0.29, 0.717) is 27.8 Å². The largest absolute Gasteiger partial charge is 0.487 e. The van der Waals surface area contributed by atoms with Gasteiger partial charge in [-0.15, -0.1) is 0 Å². The number of nitriles is 1. The van der Waals surface area contributed by atoms with Crippen LogP contribution < -0.4 is 16.0 Å². The van der Waals surface area contributed by atoms with Crippen molar-refractivity contribution in [2.24, 2.45) is 5.84 Å². The smallest absolute Gasteiger partial charge is 0.140 e. The molecular weight excluding hydrogens is 276 g/mol. The van der Waals surface area contributed by atoms with E-state index in [4.69, 9.17) is 27.4 Å². The van der Waals surface area contributed by atoms with Gasteiger partial charge in [0.2, 0.25) is 0 Å². The lowest BCUT2D eigenvalue weighted by Gasteiger charge is -2.11. The quantitative estimate of drug-likeness (QED) is 0.667. The highest BCUT2D eigenvalue weighted by molar-refractivity contribution is 6.31. The van der Waals surface area contributed by atoms with Gasteiger partial charge in [-0.1, -0.05) is 17.7 Å². The molecule has 0 radical (unpaired) electrons. The molecule has 20 heavy (non-hydrogen) atoms. The molecule has 0 aliphatic rings. The van der Waals surface area contributed by atoms with E-state index in [9.17, 15) is 0 Å². The van der Waals surface area contributed by atoms with Crippen LogP contribution in [0.5, 0.6) is 5.75 Å². The first-order valence-electron chi connectivity index (χ1n) is 5.89. The van der Waals surface area contributed by atoms with Crippen LogP contribution in [0, 0.1) is 18.3 Å². The summed E-state index contributed by atoms with van der Waals surface area (Å²) in [4.78, 5) is 4.22.